The molecule has 4 aromatic rings. The third-order valence-corrected chi connectivity index (χ3v) is 8.02. The minimum Gasteiger partial charge on any atom is -0.444 e. The second-order valence-electron chi connectivity index (χ2n) is 10.5. The molecule has 0 radical (unpaired) electrons. The fraction of sp³-hybridized carbons (Fsp3) is 0.367. The van der Waals surface area contributed by atoms with Crippen LogP contribution in [0.15, 0.2) is 58.0 Å². The molecule has 6 rings (SSSR count). The van der Waals surface area contributed by atoms with Crippen molar-refractivity contribution >= 4 is 11.6 Å². The Balaban J connectivity index is 1.15. The van der Waals surface area contributed by atoms with Gasteiger partial charge in [0.1, 0.15) is 5.82 Å². The predicted octanol–water partition coefficient (Wildman–Crippen LogP) is 5.43. The second kappa shape index (κ2) is 11.3. The standard InChI is InChI=1S/C30H30ClFN4O5/c1-30(23-7-6-21(31)15-24(23)32)39-26-5-3-4-22(27(26)40-30)18-8-11-36(12-9-18)17-25-19(10-13-38-2)14-20(16-33-25)28-34-29(37)41-35-28/h3-7,14-16,18H,8-13,17H2,1-2H3,(H,34,35,37). The van der Waals surface area contributed by atoms with Crippen molar-refractivity contribution in [3.8, 4) is 22.9 Å². The third kappa shape index (κ3) is 5.59. The zero-order valence-corrected chi connectivity index (χ0v) is 23.5. The predicted molar refractivity (Wildman–Crippen MR) is 150 cm³/mol. The van der Waals surface area contributed by atoms with Crippen LogP contribution in [0, 0.1) is 5.82 Å². The van der Waals surface area contributed by atoms with E-state index in [-0.39, 0.29) is 5.92 Å². The summed E-state index contributed by atoms with van der Waals surface area (Å²) in [7, 11) is 1.67. The first-order valence-electron chi connectivity index (χ1n) is 13.5. The number of pyridine rings is 1. The van der Waals surface area contributed by atoms with E-state index in [2.05, 4.69) is 25.6 Å². The number of fused-ring (bicyclic) bond motifs is 1. The highest BCUT2D eigenvalue weighted by Gasteiger charge is 2.43. The lowest BCUT2D eigenvalue weighted by Crippen LogP contribution is -2.34. The fourth-order valence-electron chi connectivity index (χ4n) is 5.64. The van der Waals surface area contributed by atoms with E-state index in [0.29, 0.717) is 53.0 Å². The van der Waals surface area contributed by atoms with Crippen molar-refractivity contribution in [2.75, 3.05) is 26.8 Å². The van der Waals surface area contributed by atoms with Crippen LogP contribution in [0.25, 0.3) is 11.4 Å². The Hall–Kier alpha value is -3.73. The lowest BCUT2D eigenvalue weighted by Gasteiger charge is -2.33. The minimum absolute atomic E-state index is 0.273. The molecule has 0 spiro atoms. The Morgan fingerprint density at radius 2 is 2.02 bits per heavy atom. The summed E-state index contributed by atoms with van der Waals surface area (Å²) in [5, 5.41) is 4.10. The van der Waals surface area contributed by atoms with Gasteiger partial charge in [-0.15, -0.1) is 0 Å². The number of likely N-dealkylation sites (tertiary alicyclic amines) is 1. The van der Waals surface area contributed by atoms with Gasteiger partial charge in [-0.2, -0.15) is 0 Å². The number of nitrogens with zero attached hydrogens (tertiary/aromatic N) is 3. The molecule has 0 bridgehead atoms. The van der Waals surface area contributed by atoms with E-state index >= 15 is 0 Å². The largest absolute Gasteiger partial charge is 0.444 e. The number of ether oxygens (including phenoxy) is 3. The van der Waals surface area contributed by atoms with Crippen LogP contribution < -0.4 is 15.2 Å². The number of piperidine rings is 1. The fourth-order valence-corrected chi connectivity index (χ4v) is 5.80. The van der Waals surface area contributed by atoms with Gasteiger partial charge in [-0.3, -0.25) is 19.4 Å². The summed E-state index contributed by atoms with van der Waals surface area (Å²) >= 11 is 5.96. The summed E-state index contributed by atoms with van der Waals surface area (Å²) in [6.45, 7) is 4.73. The van der Waals surface area contributed by atoms with Gasteiger partial charge < -0.3 is 14.2 Å². The van der Waals surface area contributed by atoms with Gasteiger partial charge in [-0.1, -0.05) is 28.9 Å². The monoisotopic (exact) mass is 580 g/mol. The molecule has 4 heterocycles. The number of nitrogens with one attached hydrogen (secondary N) is 1. The van der Waals surface area contributed by atoms with E-state index in [1.807, 2.05) is 18.2 Å². The molecular formula is C30H30ClFN4O5. The van der Waals surface area contributed by atoms with Crippen molar-refractivity contribution in [3.63, 3.8) is 0 Å². The average molecular weight is 581 g/mol. The Morgan fingerprint density at radius 1 is 1.20 bits per heavy atom. The summed E-state index contributed by atoms with van der Waals surface area (Å²) in [5.41, 5.74) is 4.07. The van der Waals surface area contributed by atoms with E-state index in [1.165, 1.54) is 6.07 Å². The van der Waals surface area contributed by atoms with E-state index in [1.54, 1.807) is 32.4 Å². The highest BCUT2D eigenvalue weighted by atomic mass is 35.5. The van der Waals surface area contributed by atoms with Crippen molar-refractivity contribution in [3.05, 3.63) is 92.4 Å². The first-order valence-corrected chi connectivity index (χ1v) is 13.9. The van der Waals surface area contributed by atoms with Gasteiger partial charge in [-0.05, 0) is 74.2 Å². The number of H-pyrrole nitrogens is 1. The van der Waals surface area contributed by atoms with E-state index in [0.717, 1.165) is 42.8 Å². The minimum atomic E-state index is -1.27. The summed E-state index contributed by atoms with van der Waals surface area (Å²) in [5.74, 6) is -0.435. The molecule has 2 aromatic carbocycles. The van der Waals surface area contributed by atoms with Gasteiger partial charge in [0, 0.05) is 42.9 Å². The Morgan fingerprint density at radius 3 is 2.76 bits per heavy atom. The summed E-state index contributed by atoms with van der Waals surface area (Å²) < 4.78 is 37.2. The van der Waals surface area contributed by atoms with Gasteiger partial charge >= 0.3 is 5.76 Å². The number of methoxy groups -OCH3 is 1. The van der Waals surface area contributed by atoms with Crippen LogP contribution in [0.4, 0.5) is 4.39 Å². The molecule has 2 aliphatic heterocycles. The van der Waals surface area contributed by atoms with E-state index in [4.69, 9.17) is 30.8 Å². The average Bonchev–Trinajstić information content (AvgIpc) is 3.55. The number of halogens is 2. The number of para-hydroxylation sites is 1. The number of rotatable bonds is 8. The normalized spacial score (nSPS) is 19.1. The van der Waals surface area contributed by atoms with E-state index < -0.39 is 17.4 Å². The number of aromatic amines is 1. The highest BCUT2D eigenvalue weighted by Crippen LogP contribution is 2.49. The number of hydrogen-bond donors (Lipinski definition) is 1. The Kier molecular flexibility index (Phi) is 7.54. The smallest absolute Gasteiger partial charge is 0.439 e. The molecule has 9 nitrogen and oxygen atoms in total. The van der Waals surface area contributed by atoms with Crippen molar-refractivity contribution in [1.82, 2.24) is 20.0 Å². The molecule has 1 atom stereocenters. The van der Waals surface area contributed by atoms with Crippen LogP contribution in [0.1, 0.15) is 48.1 Å². The molecule has 1 saturated heterocycles. The van der Waals surface area contributed by atoms with Gasteiger partial charge in [0.05, 0.1) is 17.9 Å². The van der Waals surface area contributed by atoms with E-state index in [9.17, 15) is 9.18 Å². The van der Waals surface area contributed by atoms with Crippen molar-refractivity contribution in [1.29, 1.82) is 0 Å². The SMILES string of the molecule is COCCc1cc(-c2noc(=O)[nH]2)cnc1CN1CCC(c2cccc3c2OC(C)(c2ccc(Cl)cc2F)O3)CC1. The highest BCUT2D eigenvalue weighted by molar-refractivity contribution is 6.30. The van der Waals surface area contributed by atoms with Crippen molar-refractivity contribution in [2.24, 2.45) is 0 Å². The third-order valence-electron chi connectivity index (χ3n) is 7.78. The van der Waals surface area contributed by atoms with Crippen LogP contribution in [-0.4, -0.2) is 46.8 Å². The molecule has 1 N–H and O–H groups in total. The molecule has 0 saturated carbocycles. The molecule has 0 amide bonds. The molecule has 1 fully saturated rings. The van der Waals surface area contributed by atoms with Crippen LogP contribution in [0.3, 0.4) is 0 Å². The van der Waals surface area contributed by atoms with Crippen molar-refractivity contribution < 1.29 is 23.1 Å². The number of benzene rings is 2. The van der Waals surface area contributed by atoms with Crippen molar-refractivity contribution in [2.45, 2.75) is 44.4 Å². The van der Waals surface area contributed by atoms with Crippen LogP contribution >= 0.6 is 11.6 Å². The summed E-state index contributed by atoms with van der Waals surface area (Å²) in [6.07, 6.45) is 4.25. The number of aromatic nitrogens is 3. The Bertz CT molecular complexity index is 1620. The summed E-state index contributed by atoms with van der Waals surface area (Å²) in [4.78, 5) is 21.1. The van der Waals surface area contributed by atoms with Crippen LogP contribution in [0.5, 0.6) is 11.5 Å². The molecule has 11 heteroatoms. The quantitative estimate of drug-likeness (QED) is 0.294. The topological polar surface area (TPSA) is 103 Å². The maximum Gasteiger partial charge on any atom is 0.439 e. The van der Waals surface area contributed by atoms with Gasteiger partial charge in [0.15, 0.2) is 17.3 Å². The molecule has 41 heavy (non-hydrogen) atoms. The van der Waals surface area contributed by atoms with Crippen LogP contribution in [0.2, 0.25) is 5.02 Å². The molecule has 2 aromatic heterocycles. The molecule has 2 aliphatic rings. The maximum absolute atomic E-state index is 14.8. The zero-order valence-electron chi connectivity index (χ0n) is 22.8. The molecular weight excluding hydrogens is 551 g/mol. The maximum atomic E-state index is 14.8. The van der Waals surface area contributed by atoms with Gasteiger partial charge in [0.2, 0.25) is 0 Å². The summed E-state index contributed by atoms with van der Waals surface area (Å²) in [6, 6.07) is 12.4. The van der Waals surface area contributed by atoms with Gasteiger partial charge in [-0.25, -0.2) is 9.18 Å². The molecule has 0 aliphatic carbocycles. The first-order chi connectivity index (χ1) is 19.8. The molecule has 1 unspecified atom stereocenters. The first kappa shape index (κ1) is 27.4. The lowest BCUT2D eigenvalue weighted by molar-refractivity contribution is -0.0712. The molecule has 214 valence electrons. The second-order valence-corrected chi connectivity index (χ2v) is 11.0. The van der Waals surface area contributed by atoms with Gasteiger partial charge in [0.25, 0.3) is 5.79 Å². The zero-order chi connectivity index (χ0) is 28.6. The number of hydrogen-bond acceptors (Lipinski definition) is 8. The lowest BCUT2D eigenvalue weighted by atomic mass is 9.88. The Labute approximate surface area is 241 Å². The van der Waals surface area contributed by atoms with Crippen LogP contribution in [-0.2, 0) is 23.5 Å².